The molecule has 2 heterocycles. The van der Waals surface area contributed by atoms with Gasteiger partial charge in [-0.15, -0.1) is 0 Å². The van der Waals surface area contributed by atoms with Crippen LogP contribution in [0.25, 0.3) is 0 Å². The van der Waals surface area contributed by atoms with Crippen molar-refractivity contribution in [2.24, 2.45) is 5.92 Å². The lowest BCUT2D eigenvalue weighted by Gasteiger charge is -2.22. The zero-order valence-electron chi connectivity index (χ0n) is 9.94. The van der Waals surface area contributed by atoms with Gasteiger partial charge in [-0.05, 0) is 0 Å². The van der Waals surface area contributed by atoms with Crippen molar-refractivity contribution in [1.29, 1.82) is 0 Å². The third-order valence-electron chi connectivity index (χ3n) is 3.31. The quantitative estimate of drug-likeness (QED) is 0.626. The largest absolute Gasteiger partial charge is 0.354 e. The Labute approximate surface area is 99.9 Å². The van der Waals surface area contributed by atoms with Crippen molar-refractivity contribution in [2.45, 2.75) is 12.8 Å². The molecule has 17 heavy (non-hydrogen) atoms. The highest BCUT2D eigenvalue weighted by Crippen LogP contribution is 2.18. The summed E-state index contributed by atoms with van der Waals surface area (Å²) in [7, 11) is 1.71. The molecule has 0 aromatic rings. The van der Waals surface area contributed by atoms with Gasteiger partial charge in [0.15, 0.2) is 0 Å². The molecule has 1 unspecified atom stereocenters. The molecule has 1 N–H and O–H groups in total. The van der Waals surface area contributed by atoms with Crippen LogP contribution >= 0.6 is 0 Å². The van der Waals surface area contributed by atoms with E-state index in [9.17, 15) is 14.4 Å². The average Bonchev–Trinajstić information content (AvgIpc) is 2.51. The van der Waals surface area contributed by atoms with E-state index < -0.39 is 0 Å². The van der Waals surface area contributed by atoms with E-state index in [1.54, 1.807) is 16.8 Å². The molecule has 6 heteroatoms. The predicted octanol–water partition coefficient (Wildman–Crippen LogP) is -1.19. The van der Waals surface area contributed by atoms with Gasteiger partial charge in [-0.3, -0.25) is 14.4 Å². The molecule has 2 aliphatic heterocycles. The Hall–Kier alpha value is -1.59. The summed E-state index contributed by atoms with van der Waals surface area (Å²) in [6, 6.07) is 0. The van der Waals surface area contributed by atoms with Crippen LogP contribution in [-0.2, 0) is 14.4 Å². The van der Waals surface area contributed by atoms with E-state index in [0.29, 0.717) is 39.0 Å². The molecule has 2 rings (SSSR count). The van der Waals surface area contributed by atoms with E-state index >= 15 is 0 Å². The Kier molecular flexibility index (Phi) is 3.31. The number of nitrogens with zero attached hydrogens (tertiary/aromatic N) is 2. The van der Waals surface area contributed by atoms with Crippen LogP contribution < -0.4 is 5.32 Å². The topological polar surface area (TPSA) is 69.7 Å². The van der Waals surface area contributed by atoms with Gasteiger partial charge in [0.25, 0.3) is 0 Å². The molecule has 0 spiro atoms. The number of hydrogen-bond acceptors (Lipinski definition) is 3. The summed E-state index contributed by atoms with van der Waals surface area (Å²) in [5, 5.41) is 2.73. The van der Waals surface area contributed by atoms with Crippen LogP contribution in [-0.4, -0.2) is 60.7 Å². The average molecular weight is 239 g/mol. The highest BCUT2D eigenvalue weighted by Gasteiger charge is 2.35. The van der Waals surface area contributed by atoms with E-state index in [-0.39, 0.29) is 23.6 Å². The van der Waals surface area contributed by atoms with Crippen molar-refractivity contribution in [2.75, 3.05) is 33.2 Å². The number of carbonyl (C=O) groups is 3. The second kappa shape index (κ2) is 4.73. The van der Waals surface area contributed by atoms with Gasteiger partial charge in [-0.25, -0.2) is 0 Å². The lowest BCUT2D eigenvalue weighted by Crippen LogP contribution is -2.39. The summed E-state index contributed by atoms with van der Waals surface area (Å²) in [5.74, 6) is -0.229. The van der Waals surface area contributed by atoms with Gasteiger partial charge < -0.3 is 15.1 Å². The molecule has 2 aliphatic rings. The minimum Gasteiger partial charge on any atom is -0.354 e. The number of likely N-dealkylation sites (tertiary alicyclic amines) is 1. The van der Waals surface area contributed by atoms with Crippen LogP contribution in [0.4, 0.5) is 0 Å². The lowest BCUT2D eigenvalue weighted by atomic mass is 10.1. The first-order chi connectivity index (χ1) is 8.08. The smallest absolute Gasteiger partial charge is 0.228 e. The molecule has 6 nitrogen and oxygen atoms in total. The number of carbonyl (C=O) groups excluding carboxylic acids is 3. The van der Waals surface area contributed by atoms with Gasteiger partial charge in [-0.2, -0.15) is 0 Å². The molecule has 0 radical (unpaired) electrons. The molecular weight excluding hydrogens is 222 g/mol. The minimum atomic E-state index is -0.235. The Morgan fingerprint density at radius 3 is 2.76 bits per heavy atom. The van der Waals surface area contributed by atoms with Crippen LogP contribution in [0.1, 0.15) is 12.8 Å². The molecule has 2 fully saturated rings. The normalized spacial score (nSPS) is 25.8. The van der Waals surface area contributed by atoms with Crippen LogP contribution in [0.15, 0.2) is 0 Å². The van der Waals surface area contributed by atoms with E-state index in [4.69, 9.17) is 0 Å². The molecule has 2 saturated heterocycles. The van der Waals surface area contributed by atoms with Gasteiger partial charge in [-0.1, -0.05) is 0 Å². The highest BCUT2D eigenvalue weighted by molar-refractivity contribution is 5.89. The summed E-state index contributed by atoms with van der Waals surface area (Å²) in [4.78, 5) is 38.0. The fraction of sp³-hybridized carbons (Fsp3) is 0.727. The fourth-order valence-corrected chi connectivity index (χ4v) is 2.27. The van der Waals surface area contributed by atoms with E-state index in [1.807, 2.05) is 0 Å². The molecule has 94 valence electrons. The highest BCUT2D eigenvalue weighted by atomic mass is 16.2. The third kappa shape index (κ3) is 2.57. The van der Waals surface area contributed by atoms with Gasteiger partial charge in [0.05, 0.1) is 5.92 Å². The molecule has 1 atom stereocenters. The first-order valence-electron chi connectivity index (χ1n) is 5.87. The van der Waals surface area contributed by atoms with Gasteiger partial charge >= 0.3 is 0 Å². The maximum Gasteiger partial charge on any atom is 0.228 e. The van der Waals surface area contributed by atoms with Gasteiger partial charge in [0, 0.05) is 46.1 Å². The van der Waals surface area contributed by atoms with Crippen molar-refractivity contribution in [1.82, 2.24) is 15.1 Å². The molecular formula is C11H17N3O3. The van der Waals surface area contributed by atoms with Crippen LogP contribution in [0.5, 0.6) is 0 Å². The van der Waals surface area contributed by atoms with Crippen molar-refractivity contribution in [3.8, 4) is 0 Å². The maximum absolute atomic E-state index is 12.2. The van der Waals surface area contributed by atoms with Gasteiger partial charge in [0.1, 0.15) is 0 Å². The lowest BCUT2D eigenvalue weighted by molar-refractivity contribution is -0.135. The van der Waals surface area contributed by atoms with Crippen LogP contribution in [0.2, 0.25) is 0 Å². The Morgan fingerprint density at radius 1 is 1.35 bits per heavy atom. The van der Waals surface area contributed by atoms with Crippen molar-refractivity contribution in [3.63, 3.8) is 0 Å². The standard InChI is InChI=1S/C11H17N3O3/c1-13-7-8(6-10(13)16)11(17)14-4-2-9(15)12-3-5-14/h8H,2-7H2,1H3,(H,12,15). The minimum absolute atomic E-state index is 0.000741. The van der Waals surface area contributed by atoms with Crippen molar-refractivity contribution in [3.05, 3.63) is 0 Å². The van der Waals surface area contributed by atoms with Gasteiger partial charge in [0.2, 0.25) is 17.7 Å². The first-order valence-corrected chi connectivity index (χ1v) is 5.87. The second-order valence-electron chi connectivity index (χ2n) is 4.60. The van der Waals surface area contributed by atoms with Crippen LogP contribution in [0, 0.1) is 5.92 Å². The summed E-state index contributed by atoms with van der Waals surface area (Å²) < 4.78 is 0. The summed E-state index contributed by atoms with van der Waals surface area (Å²) >= 11 is 0. The fourth-order valence-electron chi connectivity index (χ4n) is 2.27. The molecule has 0 aliphatic carbocycles. The number of rotatable bonds is 1. The Balaban J connectivity index is 1.95. The van der Waals surface area contributed by atoms with Crippen molar-refractivity contribution < 1.29 is 14.4 Å². The summed E-state index contributed by atoms with van der Waals surface area (Å²) in [6.07, 6.45) is 0.648. The zero-order valence-corrected chi connectivity index (χ0v) is 9.94. The van der Waals surface area contributed by atoms with E-state index in [1.165, 1.54) is 0 Å². The van der Waals surface area contributed by atoms with E-state index in [2.05, 4.69) is 5.32 Å². The Bertz CT molecular complexity index is 356. The second-order valence-corrected chi connectivity index (χ2v) is 4.60. The SMILES string of the molecule is CN1CC(C(=O)N2CCNC(=O)CC2)CC1=O. The first kappa shape index (κ1) is 11.9. The number of amides is 3. The summed E-state index contributed by atoms with van der Waals surface area (Å²) in [5.41, 5.74) is 0. The molecule has 0 aromatic heterocycles. The van der Waals surface area contributed by atoms with Crippen molar-refractivity contribution >= 4 is 17.7 Å². The van der Waals surface area contributed by atoms with Crippen LogP contribution in [0.3, 0.4) is 0 Å². The monoisotopic (exact) mass is 239 g/mol. The van der Waals surface area contributed by atoms with E-state index in [0.717, 1.165) is 0 Å². The molecule has 0 aromatic carbocycles. The molecule has 0 saturated carbocycles. The number of nitrogens with one attached hydrogen (secondary N) is 1. The summed E-state index contributed by atoms with van der Waals surface area (Å²) in [6.45, 7) is 1.99. The Morgan fingerprint density at radius 2 is 2.12 bits per heavy atom. The number of hydrogen-bond donors (Lipinski definition) is 1. The zero-order chi connectivity index (χ0) is 12.4. The molecule has 3 amide bonds. The molecule has 0 bridgehead atoms. The predicted molar refractivity (Wildman–Crippen MR) is 60.0 cm³/mol. The third-order valence-corrected chi connectivity index (χ3v) is 3.31. The maximum atomic E-state index is 12.2.